The second-order valence-corrected chi connectivity index (χ2v) is 4.88. The molecule has 0 fully saturated rings. The van der Waals surface area contributed by atoms with Crippen molar-refractivity contribution >= 4 is 0 Å². The predicted octanol–water partition coefficient (Wildman–Crippen LogP) is 2.24. The van der Waals surface area contributed by atoms with Crippen molar-refractivity contribution in [3.63, 3.8) is 0 Å². The lowest BCUT2D eigenvalue weighted by Crippen LogP contribution is -2.11. The zero-order valence-corrected chi connectivity index (χ0v) is 11.8. The lowest BCUT2D eigenvalue weighted by Gasteiger charge is -2.08. The number of aryl methyl sites for hydroxylation is 3. The number of nitrogens with two attached hydrogens (primary N) is 1. The fourth-order valence-electron chi connectivity index (χ4n) is 2.31. The van der Waals surface area contributed by atoms with Crippen LogP contribution in [0.15, 0.2) is 24.3 Å². The van der Waals surface area contributed by atoms with Crippen molar-refractivity contribution in [1.82, 2.24) is 14.8 Å². The van der Waals surface area contributed by atoms with E-state index in [4.69, 9.17) is 5.73 Å². The van der Waals surface area contributed by atoms with E-state index in [1.807, 2.05) is 0 Å². The molecule has 0 aliphatic carbocycles. The summed E-state index contributed by atoms with van der Waals surface area (Å²) in [4.78, 5) is 0. The topological polar surface area (TPSA) is 56.7 Å². The summed E-state index contributed by atoms with van der Waals surface area (Å²) < 4.78 is 2.16. The summed E-state index contributed by atoms with van der Waals surface area (Å²) >= 11 is 0. The first kappa shape index (κ1) is 13.7. The summed E-state index contributed by atoms with van der Waals surface area (Å²) in [5.41, 5.74) is 8.35. The van der Waals surface area contributed by atoms with Crippen molar-refractivity contribution in [2.75, 3.05) is 0 Å². The Labute approximate surface area is 114 Å². The lowest BCUT2D eigenvalue weighted by atomic mass is 10.1. The van der Waals surface area contributed by atoms with Gasteiger partial charge in [-0.25, -0.2) is 0 Å². The first-order valence-corrected chi connectivity index (χ1v) is 6.91. The van der Waals surface area contributed by atoms with Crippen LogP contribution in [0.25, 0.3) is 0 Å². The minimum Gasteiger partial charge on any atom is -0.324 e. The van der Waals surface area contributed by atoms with E-state index in [0.29, 0.717) is 6.54 Å². The summed E-state index contributed by atoms with van der Waals surface area (Å²) in [6.07, 6.45) is 2.98. The third kappa shape index (κ3) is 3.41. The van der Waals surface area contributed by atoms with E-state index >= 15 is 0 Å². The van der Waals surface area contributed by atoms with Crippen LogP contribution in [-0.4, -0.2) is 14.8 Å². The average Bonchev–Trinajstić information content (AvgIpc) is 2.79. The quantitative estimate of drug-likeness (QED) is 0.864. The van der Waals surface area contributed by atoms with Gasteiger partial charge in [0.15, 0.2) is 0 Å². The van der Waals surface area contributed by atoms with Crippen LogP contribution in [0.4, 0.5) is 0 Å². The number of rotatable bonds is 6. The standard InChI is InChI=1S/C15H22N4/c1-3-9-19-14(17-18-15(19)11-16)8-7-13-6-4-5-12(2)10-13/h4-6,10H,3,7-9,11,16H2,1-2H3. The maximum Gasteiger partial charge on any atom is 0.146 e. The molecule has 4 nitrogen and oxygen atoms in total. The van der Waals surface area contributed by atoms with Gasteiger partial charge in [-0.2, -0.15) is 0 Å². The van der Waals surface area contributed by atoms with Crippen LogP contribution in [0.2, 0.25) is 0 Å². The van der Waals surface area contributed by atoms with E-state index in [1.54, 1.807) is 0 Å². The largest absolute Gasteiger partial charge is 0.324 e. The van der Waals surface area contributed by atoms with E-state index in [-0.39, 0.29) is 0 Å². The minimum absolute atomic E-state index is 0.456. The van der Waals surface area contributed by atoms with Crippen LogP contribution in [0.5, 0.6) is 0 Å². The maximum atomic E-state index is 5.70. The van der Waals surface area contributed by atoms with Gasteiger partial charge < -0.3 is 10.3 Å². The molecule has 19 heavy (non-hydrogen) atoms. The first-order chi connectivity index (χ1) is 9.24. The molecule has 0 amide bonds. The molecule has 0 aliphatic heterocycles. The lowest BCUT2D eigenvalue weighted by molar-refractivity contribution is 0.605. The molecule has 0 bridgehead atoms. The molecular weight excluding hydrogens is 236 g/mol. The van der Waals surface area contributed by atoms with Gasteiger partial charge in [0.2, 0.25) is 0 Å². The fourth-order valence-corrected chi connectivity index (χ4v) is 2.31. The third-order valence-corrected chi connectivity index (χ3v) is 3.25. The number of nitrogens with zero attached hydrogens (tertiary/aromatic N) is 3. The molecule has 0 radical (unpaired) electrons. The molecule has 1 aromatic heterocycles. The Morgan fingerprint density at radius 3 is 2.63 bits per heavy atom. The fraction of sp³-hybridized carbons (Fsp3) is 0.467. The van der Waals surface area contributed by atoms with Crippen LogP contribution < -0.4 is 5.73 Å². The smallest absolute Gasteiger partial charge is 0.146 e. The highest BCUT2D eigenvalue weighted by Gasteiger charge is 2.09. The molecular formula is C15H22N4. The number of benzene rings is 1. The predicted molar refractivity (Wildman–Crippen MR) is 76.8 cm³/mol. The van der Waals surface area contributed by atoms with E-state index in [2.05, 4.69) is 52.9 Å². The summed E-state index contributed by atoms with van der Waals surface area (Å²) in [6, 6.07) is 8.62. The molecule has 0 aliphatic rings. The second kappa shape index (κ2) is 6.48. The molecule has 1 aromatic carbocycles. The zero-order valence-electron chi connectivity index (χ0n) is 11.8. The third-order valence-electron chi connectivity index (χ3n) is 3.25. The van der Waals surface area contributed by atoms with Crippen LogP contribution in [0.1, 0.15) is 36.1 Å². The molecule has 0 unspecified atom stereocenters. The highest BCUT2D eigenvalue weighted by Crippen LogP contribution is 2.10. The van der Waals surface area contributed by atoms with Crippen LogP contribution in [0.3, 0.4) is 0 Å². The van der Waals surface area contributed by atoms with Gasteiger partial charge in [0.25, 0.3) is 0 Å². The highest BCUT2D eigenvalue weighted by molar-refractivity contribution is 5.22. The monoisotopic (exact) mass is 258 g/mol. The normalized spacial score (nSPS) is 10.9. The number of aromatic nitrogens is 3. The molecule has 0 saturated carbocycles. The maximum absolute atomic E-state index is 5.70. The molecule has 2 N–H and O–H groups in total. The van der Waals surface area contributed by atoms with Crippen molar-refractivity contribution in [2.45, 2.75) is 46.2 Å². The molecule has 0 atom stereocenters. The average molecular weight is 258 g/mol. The Morgan fingerprint density at radius 2 is 1.95 bits per heavy atom. The molecule has 0 spiro atoms. The van der Waals surface area contributed by atoms with Gasteiger partial charge in [0.1, 0.15) is 11.6 Å². The van der Waals surface area contributed by atoms with Gasteiger partial charge in [-0.05, 0) is 25.3 Å². The van der Waals surface area contributed by atoms with Crippen molar-refractivity contribution in [3.8, 4) is 0 Å². The zero-order chi connectivity index (χ0) is 13.7. The first-order valence-electron chi connectivity index (χ1n) is 6.91. The van der Waals surface area contributed by atoms with E-state index in [1.165, 1.54) is 11.1 Å². The Morgan fingerprint density at radius 1 is 1.16 bits per heavy atom. The molecule has 1 heterocycles. The minimum atomic E-state index is 0.456. The number of hydrogen-bond acceptors (Lipinski definition) is 3. The van der Waals surface area contributed by atoms with Crippen molar-refractivity contribution in [1.29, 1.82) is 0 Å². The van der Waals surface area contributed by atoms with Crippen LogP contribution >= 0.6 is 0 Å². The molecule has 2 rings (SSSR count). The van der Waals surface area contributed by atoms with Gasteiger partial charge in [-0.1, -0.05) is 36.8 Å². The van der Waals surface area contributed by atoms with E-state index in [0.717, 1.165) is 37.5 Å². The SMILES string of the molecule is CCCn1c(CN)nnc1CCc1cccc(C)c1. The van der Waals surface area contributed by atoms with Crippen molar-refractivity contribution < 1.29 is 0 Å². The summed E-state index contributed by atoms with van der Waals surface area (Å²) in [5, 5.41) is 8.45. The van der Waals surface area contributed by atoms with E-state index < -0.39 is 0 Å². The van der Waals surface area contributed by atoms with Gasteiger partial charge in [0.05, 0.1) is 6.54 Å². The highest BCUT2D eigenvalue weighted by atomic mass is 15.3. The van der Waals surface area contributed by atoms with Crippen LogP contribution in [0, 0.1) is 6.92 Å². The molecule has 102 valence electrons. The Balaban J connectivity index is 2.08. The van der Waals surface area contributed by atoms with Crippen LogP contribution in [-0.2, 0) is 25.9 Å². The number of hydrogen-bond donors (Lipinski definition) is 1. The van der Waals surface area contributed by atoms with Gasteiger partial charge in [-0.15, -0.1) is 10.2 Å². The Hall–Kier alpha value is -1.68. The molecule has 0 saturated heterocycles. The van der Waals surface area contributed by atoms with Crippen molar-refractivity contribution in [3.05, 3.63) is 47.0 Å². The summed E-state index contributed by atoms with van der Waals surface area (Å²) in [5.74, 6) is 1.94. The van der Waals surface area contributed by atoms with Gasteiger partial charge in [0, 0.05) is 13.0 Å². The summed E-state index contributed by atoms with van der Waals surface area (Å²) in [6.45, 7) is 5.68. The summed E-state index contributed by atoms with van der Waals surface area (Å²) in [7, 11) is 0. The van der Waals surface area contributed by atoms with Gasteiger partial charge in [-0.3, -0.25) is 0 Å². The second-order valence-electron chi connectivity index (χ2n) is 4.88. The Bertz CT molecular complexity index is 531. The van der Waals surface area contributed by atoms with E-state index in [9.17, 15) is 0 Å². The Kier molecular flexibility index (Phi) is 4.68. The van der Waals surface area contributed by atoms with Gasteiger partial charge >= 0.3 is 0 Å². The molecule has 2 aromatic rings. The van der Waals surface area contributed by atoms with Crippen molar-refractivity contribution in [2.24, 2.45) is 5.73 Å². The molecule has 4 heteroatoms.